The van der Waals surface area contributed by atoms with Crippen molar-refractivity contribution in [2.75, 3.05) is 44.2 Å². The Balaban J connectivity index is 1.25. The maximum Gasteiger partial charge on any atom is 0.243 e. The number of piperidine rings is 1. The van der Waals surface area contributed by atoms with Crippen molar-refractivity contribution in [3.05, 3.63) is 71.8 Å². The van der Waals surface area contributed by atoms with E-state index in [4.69, 9.17) is 0 Å². The Morgan fingerprint density at radius 3 is 2.37 bits per heavy atom. The largest absolute Gasteiger partial charge is 0.368 e. The Hall–Kier alpha value is -2.90. The fourth-order valence-electron chi connectivity index (χ4n) is 5.34. The summed E-state index contributed by atoms with van der Waals surface area (Å²) in [6.07, 6.45) is 1.44. The molecule has 184 valence electrons. The summed E-state index contributed by atoms with van der Waals surface area (Å²) in [5.41, 5.74) is 3.80. The molecule has 2 saturated heterocycles. The minimum Gasteiger partial charge on any atom is -0.368 e. The summed E-state index contributed by atoms with van der Waals surface area (Å²) in [7, 11) is -3.65. The molecule has 2 aliphatic heterocycles. The molecule has 3 aromatic rings. The highest BCUT2D eigenvalue weighted by molar-refractivity contribution is 7.89. The molecule has 0 aromatic heterocycles. The molecular weight excluding hydrogens is 458 g/mol. The number of benzene rings is 3. The fourth-order valence-corrected chi connectivity index (χ4v) is 6.90. The smallest absolute Gasteiger partial charge is 0.243 e. The van der Waals surface area contributed by atoms with E-state index in [2.05, 4.69) is 36.9 Å². The van der Waals surface area contributed by atoms with Crippen LogP contribution >= 0.6 is 0 Å². The first-order chi connectivity index (χ1) is 16.8. The SMILES string of the molecule is Cc1cccc(N2CCN(C(=O)[C@@H]3CCCN(S(=O)(=O)c4ccc5ccccc5c4)C3)CC2)c1C. The third-order valence-corrected chi connectivity index (χ3v) is 9.46. The van der Waals surface area contributed by atoms with Crippen molar-refractivity contribution in [2.24, 2.45) is 5.92 Å². The average Bonchev–Trinajstić information content (AvgIpc) is 2.90. The molecule has 7 heteroatoms. The normalized spacial score (nSPS) is 19.8. The van der Waals surface area contributed by atoms with E-state index in [1.165, 1.54) is 21.1 Å². The lowest BCUT2D eigenvalue weighted by Gasteiger charge is -2.40. The number of piperazine rings is 1. The number of fused-ring (bicyclic) bond motifs is 1. The lowest BCUT2D eigenvalue weighted by Crippen LogP contribution is -2.53. The number of anilines is 1. The summed E-state index contributed by atoms with van der Waals surface area (Å²) < 4.78 is 28.4. The zero-order valence-electron chi connectivity index (χ0n) is 20.5. The van der Waals surface area contributed by atoms with Crippen LogP contribution in [0.4, 0.5) is 5.69 Å². The quantitative estimate of drug-likeness (QED) is 0.549. The Kier molecular flexibility index (Phi) is 6.55. The molecule has 2 heterocycles. The molecule has 1 amide bonds. The van der Waals surface area contributed by atoms with E-state index in [9.17, 15) is 13.2 Å². The summed E-state index contributed by atoms with van der Waals surface area (Å²) in [6, 6.07) is 19.4. The average molecular weight is 492 g/mol. The number of carbonyl (C=O) groups is 1. The van der Waals surface area contributed by atoms with Gasteiger partial charge in [0.25, 0.3) is 0 Å². The summed E-state index contributed by atoms with van der Waals surface area (Å²) in [4.78, 5) is 18.0. The van der Waals surface area contributed by atoms with Gasteiger partial charge in [-0.05, 0) is 66.8 Å². The number of rotatable bonds is 4. The first-order valence-corrected chi connectivity index (χ1v) is 13.9. The van der Waals surface area contributed by atoms with Gasteiger partial charge in [-0.15, -0.1) is 0 Å². The molecule has 6 nitrogen and oxygen atoms in total. The summed E-state index contributed by atoms with van der Waals surface area (Å²) in [5, 5.41) is 1.91. The molecule has 2 fully saturated rings. The number of amides is 1. The second-order valence-corrected chi connectivity index (χ2v) is 11.7. The molecule has 5 rings (SSSR count). The van der Waals surface area contributed by atoms with Crippen LogP contribution in [0.1, 0.15) is 24.0 Å². The maximum atomic E-state index is 13.4. The molecule has 0 unspecified atom stereocenters. The molecular formula is C28H33N3O3S. The van der Waals surface area contributed by atoms with Crippen molar-refractivity contribution in [2.45, 2.75) is 31.6 Å². The van der Waals surface area contributed by atoms with Crippen LogP contribution in [0.15, 0.2) is 65.6 Å². The molecule has 0 bridgehead atoms. The monoisotopic (exact) mass is 491 g/mol. The molecule has 3 aromatic carbocycles. The third-order valence-electron chi connectivity index (χ3n) is 7.60. The molecule has 0 saturated carbocycles. The number of sulfonamides is 1. The zero-order chi connectivity index (χ0) is 24.6. The van der Waals surface area contributed by atoms with Gasteiger partial charge >= 0.3 is 0 Å². The Bertz CT molecular complexity index is 1350. The van der Waals surface area contributed by atoms with Gasteiger partial charge in [-0.1, -0.05) is 42.5 Å². The van der Waals surface area contributed by atoms with Crippen molar-refractivity contribution in [3.63, 3.8) is 0 Å². The lowest BCUT2D eigenvalue weighted by molar-refractivity contribution is -0.137. The molecule has 0 aliphatic carbocycles. The predicted molar refractivity (Wildman–Crippen MR) is 140 cm³/mol. The summed E-state index contributed by atoms with van der Waals surface area (Å²) >= 11 is 0. The van der Waals surface area contributed by atoms with E-state index in [0.29, 0.717) is 31.0 Å². The number of hydrogen-bond acceptors (Lipinski definition) is 4. The minimum absolute atomic E-state index is 0.0871. The second kappa shape index (κ2) is 9.63. The predicted octanol–water partition coefficient (Wildman–Crippen LogP) is 4.21. The number of hydrogen-bond donors (Lipinski definition) is 0. The Morgan fingerprint density at radius 1 is 0.857 bits per heavy atom. The van der Waals surface area contributed by atoms with Crippen molar-refractivity contribution in [1.82, 2.24) is 9.21 Å². The van der Waals surface area contributed by atoms with Crippen LogP contribution in [0.25, 0.3) is 10.8 Å². The number of carbonyl (C=O) groups excluding carboxylic acids is 1. The molecule has 2 aliphatic rings. The highest BCUT2D eigenvalue weighted by atomic mass is 32.2. The van der Waals surface area contributed by atoms with E-state index in [-0.39, 0.29) is 18.4 Å². The highest BCUT2D eigenvalue weighted by Crippen LogP contribution is 2.28. The Morgan fingerprint density at radius 2 is 1.60 bits per heavy atom. The van der Waals surface area contributed by atoms with E-state index in [0.717, 1.165) is 30.3 Å². The highest BCUT2D eigenvalue weighted by Gasteiger charge is 2.36. The van der Waals surface area contributed by atoms with Crippen LogP contribution in [-0.4, -0.2) is 62.8 Å². The standard InChI is InChI=1S/C28H33N3O3S/c1-21-7-5-11-27(22(21)2)29-15-17-30(18-16-29)28(32)25-10-6-14-31(20-25)35(33,34)26-13-12-23-8-3-4-9-24(23)19-26/h3-5,7-9,11-13,19,25H,6,10,14-18,20H2,1-2H3/t25-/m1/s1. The van der Waals surface area contributed by atoms with Gasteiger partial charge in [0, 0.05) is 45.0 Å². The van der Waals surface area contributed by atoms with E-state index < -0.39 is 10.0 Å². The van der Waals surface area contributed by atoms with Gasteiger partial charge in [-0.2, -0.15) is 4.31 Å². The van der Waals surface area contributed by atoms with E-state index in [1.807, 2.05) is 35.2 Å². The van der Waals surface area contributed by atoms with Gasteiger partial charge < -0.3 is 9.80 Å². The maximum absolute atomic E-state index is 13.4. The van der Waals surface area contributed by atoms with Crippen LogP contribution < -0.4 is 4.90 Å². The molecule has 35 heavy (non-hydrogen) atoms. The van der Waals surface area contributed by atoms with E-state index >= 15 is 0 Å². The van der Waals surface area contributed by atoms with Crippen LogP contribution in [0.3, 0.4) is 0 Å². The first-order valence-electron chi connectivity index (χ1n) is 12.4. The van der Waals surface area contributed by atoms with Crippen LogP contribution in [0.5, 0.6) is 0 Å². The first kappa shape index (κ1) is 23.8. The van der Waals surface area contributed by atoms with Crippen molar-refractivity contribution >= 4 is 32.4 Å². The van der Waals surface area contributed by atoms with Crippen LogP contribution in [0.2, 0.25) is 0 Å². The van der Waals surface area contributed by atoms with Gasteiger partial charge in [0.1, 0.15) is 0 Å². The van der Waals surface area contributed by atoms with Crippen molar-refractivity contribution in [3.8, 4) is 0 Å². The molecule has 1 atom stereocenters. The minimum atomic E-state index is -3.65. The molecule has 0 radical (unpaired) electrons. The number of aryl methyl sites for hydroxylation is 1. The van der Waals surface area contributed by atoms with Gasteiger partial charge in [-0.25, -0.2) is 8.42 Å². The second-order valence-electron chi connectivity index (χ2n) is 9.74. The summed E-state index contributed by atoms with van der Waals surface area (Å²) in [5.74, 6) is -0.199. The van der Waals surface area contributed by atoms with Gasteiger partial charge in [0.15, 0.2) is 0 Å². The third kappa shape index (κ3) is 4.67. The van der Waals surface area contributed by atoms with Gasteiger partial charge in [0.05, 0.1) is 10.8 Å². The van der Waals surface area contributed by atoms with Crippen LogP contribution in [0, 0.1) is 19.8 Å². The fraction of sp³-hybridized carbons (Fsp3) is 0.393. The lowest BCUT2D eigenvalue weighted by atomic mass is 9.97. The summed E-state index contributed by atoms with van der Waals surface area (Å²) in [6.45, 7) is 7.91. The van der Waals surface area contributed by atoms with E-state index in [1.54, 1.807) is 12.1 Å². The Labute approximate surface area is 208 Å². The van der Waals surface area contributed by atoms with Gasteiger partial charge in [0.2, 0.25) is 15.9 Å². The van der Waals surface area contributed by atoms with Crippen LogP contribution in [-0.2, 0) is 14.8 Å². The number of nitrogens with zero attached hydrogens (tertiary/aromatic N) is 3. The van der Waals surface area contributed by atoms with Crippen molar-refractivity contribution < 1.29 is 13.2 Å². The molecule has 0 N–H and O–H groups in total. The van der Waals surface area contributed by atoms with Crippen molar-refractivity contribution in [1.29, 1.82) is 0 Å². The topological polar surface area (TPSA) is 60.9 Å². The molecule has 0 spiro atoms. The van der Waals surface area contributed by atoms with Gasteiger partial charge in [-0.3, -0.25) is 4.79 Å². The zero-order valence-corrected chi connectivity index (χ0v) is 21.3.